The molecule has 1 aliphatic rings. The number of methoxy groups -OCH3 is 2. The zero-order valence-corrected chi connectivity index (χ0v) is 25.4. The van der Waals surface area contributed by atoms with Crippen LogP contribution in [-0.2, 0) is 14.8 Å². The molecule has 0 aliphatic carbocycles. The van der Waals surface area contributed by atoms with Gasteiger partial charge in [-0.2, -0.15) is 0 Å². The van der Waals surface area contributed by atoms with E-state index in [9.17, 15) is 13.2 Å². The van der Waals surface area contributed by atoms with Gasteiger partial charge < -0.3 is 24.3 Å². The summed E-state index contributed by atoms with van der Waals surface area (Å²) in [5.74, 6) is -0.0135. The van der Waals surface area contributed by atoms with Gasteiger partial charge in [0.1, 0.15) is 5.75 Å². The summed E-state index contributed by atoms with van der Waals surface area (Å²) in [7, 11) is -0.732. The van der Waals surface area contributed by atoms with Crippen LogP contribution in [0.3, 0.4) is 0 Å². The highest BCUT2D eigenvalue weighted by molar-refractivity contribution is 7.92. The van der Waals surface area contributed by atoms with Gasteiger partial charge >= 0.3 is 5.97 Å². The van der Waals surface area contributed by atoms with Crippen molar-refractivity contribution in [3.8, 4) is 11.4 Å². The van der Waals surface area contributed by atoms with Crippen LogP contribution in [0.15, 0.2) is 72.9 Å². The summed E-state index contributed by atoms with van der Waals surface area (Å²) in [6.45, 7) is 4.06. The molecular weight excluding hydrogens is 574 g/mol. The number of hydrogen-bond donors (Lipinski definition) is 2. The predicted octanol–water partition coefficient (Wildman–Crippen LogP) is 4.83. The van der Waals surface area contributed by atoms with E-state index in [4.69, 9.17) is 21.7 Å². The number of sulfonamides is 1. The summed E-state index contributed by atoms with van der Waals surface area (Å²) in [4.78, 5) is 18.6. The summed E-state index contributed by atoms with van der Waals surface area (Å²) >= 11 is 5.88. The van der Waals surface area contributed by atoms with Crippen LogP contribution >= 0.6 is 12.2 Å². The van der Waals surface area contributed by atoms with Crippen LogP contribution in [0, 0.1) is 13.8 Å². The molecule has 42 heavy (non-hydrogen) atoms. The first-order chi connectivity index (χ1) is 20.0. The van der Waals surface area contributed by atoms with E-state index in [1.807, 2.05) is 55.1 Å². The molecule has 10 nitrogen and oxygen atoms in total. The molecule has 0 spiro atoms. The molecule has 2 aromatic carbocycles. The van der Waals surface area contributed by atoms with Gasteiger partial charge in [0.2, 0.25) is 10.0 Å². The molecule has 5 rings (SSSR count). The minimum atomic E-state index is -3.57. The van der Waals surface area contributed by atoms with Gasteiger partial charge in [0, 0.05) is 29.0 Å². The third-order valence-corrected chi connectivity index (χ3v) is 8.10. The Morgan fingerprint density at radius 1 is 1.02 bits per heavy atom. The van der Waals surface area contributed by atoms with Crippen molar-refractivity contribution in [2.24, 2.45) is 0 Å². The van der Waals surface area contributed by atoms with E-state index in [-0.39, 0.29) is 12.1 Å². The van der Waals surface area contributed by atoms with Crippen molar-refractivity contribution in [1.82, 2.24) is 14.9 Å². The Balaban J connectivity index is 1.65. The van der Waals surface area contributed by atoms with Crippen LogP contribution in [0.4, 0.5) is 11.4 Å². The smallest absolute Gasteiger partial charge is 0.337 e. The first-order valence-electron chi connectivity index (χ1n) is 13.1. The molecule has 2 aromatic heterocycles. The number of nitrogens with one attached hydrogen (secondary N) is 2. The summed E-state index contributed by atoms with van der Waals surface area (Å²) in [5.41, 5.74) is 6.11. The summed E-state index contributed by atoms with van der Waals surface area (Å²) in [5, 5.41) is 3.92. The lowest BCUT2D eigenvalue weighted by Crippen LogP contribution is -2.29. The molecule has 0 amide bonds. The topological polar surface area (TPSA) is 115 Å². The zero-order valence-electron chi connectivity index (χ0n) is 23.8. The fourth-order valence-corrected chi connectivity index (χ4v) is 6.33. The van der Waals surface area contributed by atoms with E-state index in [1.54, 1.807) is 30.5 Å². The second-order valence-corrected chi connectivity index (χ2v) is 12.1. The monoisotopic (exact) mass is 605 g/mol. The number of aryl methyl sites for hydroxylation is 1. The molecule has 0 saturated carbocycles. The Labute approximate surface area is 250 Å². The number of thiocarbonyl (C=S) groups is 1. The summed E-state index contributed by atoms with van der Waals surface area (Å²) < 4.78 is 39.2. The third-order valence-electron chi connectivity index (χ3n) is 7.19. The maximum Gasteiger partial charge on any atom is 0.337 e. The lowest BCUT2D eigenvalue weighted by atomic mass is 9.96. The fraction of sp³-hybridized carbons (Fsp3) is 0.233. The van der Waals surface area contributed by atoms with Gasteiger partial charge in [-0.3, -0.25) is 9.71 Å². The average Bonchev–Trinajstić information content (AvgIpc) is 3.46. The van der Waals surface area contributed by atoms with Gasteiger partial charge in [-0.15, -0.1) is 0 Å². The molecule has 1 aliphatic heterocycles. The van der Waals surface area contributed by atoms with Crippen LogP contribution in [0.5, 0.6) is 5.75 Å². The van der Waals surface area contributed by atoms with Crippen molar-refractivity contribution >= 4 is 44.7 Å². The highest BCUT2D eigenvalue weighted by atomic mass is 32.2. The van der Waals surface area contributed by atoms with Crippen LogP contribution < -0.4 is 19.7 Å². The Bertz CT molecular complexity index is 1750. The second kappa shape index (κ2) is 11.5. The first kappa shape index (κ1) is 29.1. The van der Waals surface area contributed by atoms with Gasteiger partial charge in [-0.05, 0) is 92.3 Å². The van der Waals surface area contributed by atoms with E-state index in [0.29, 0.717) is 27.8 Å². The second-order valence-electron chi connectivity index (χ2n) is 9.96. The van der Waals surface area contributed by atoms with Gasteiger partial charge in [0.05, 0.1) is 49.5 Å². The maximum absolute atomic E-state index is 12.1. The van der Waals surface area contributed by atoms with Crippen LogP contribution in [-0.4, -0.2) is 49.5 Å². The molecular formula is C30H31N5O5S2. The third kappa shape index (κ3) is 5.55. The Kier molecular flexibility index (Phi) is 7.93. The maximum atomic E-state index is 12.1. The number of aromatic nitrogens is 2. The lowest BCUT2D eigenvalue weighted by molar-refractivity contribution is 0.0600. The lowest BCUT2D eigenvalue weighted by Gasteiger charge is -2.29. The number of carbonyl (C=O) groups is 1. The summed E-state index contributed by atoms with van der Waals surface area (Å²) in [6.07, 6.45) is 2.83. The van der Waals surface area contributed by atoms with Crippen molar-refractivity contribution < 1.29 is 22.7 Å². The van der Waals surface area contributed by atoms with E-state index < -0.39 is 16.0 Å². The fourth-order valence-electron chi connectivity index (χ4n) is 5.42. The zero-order chi connectivity index (χ0) is 30.2. The van der Waals surface area contributed by atoms with Crippen molar-refractivity contribution in [3.63, 3.8) is 0 Å². The minimum absolute atomic E-state index is 0.302. The number of benzene rings is 2. The Morgan fingerprint density at radius 2 is 1.74 bits per heavy atom. The molecule has 0 bridgehead atoms. The molecule has 0 radical (unpaired) electrons. The molecule has 4 aromatic rings. The number of pyridine rings is 1. The number of anilines is 2. The van der Waals surface area contributed by atoms with Gasteiger partial charge in [-0.25, -0.2) is 13.2 Å². The molecule has 2 N–H and O–H groups in total. The van der Waals surface area contributed by atoms with Gasteiger partial charge in [0.25, 0.3) is 0 Å². The standard InChI is InChI=1S/C30H31N5O5S2/c1-18-16-23(19(2)34(18)21-11-9-20(10-12-21)29(36)40-4)28-27(24-8-6-7-15-31-24)32-30(41)35(28)22-13-14-26(39-3)25(17-22)33-42(5,37)38/h6-17,27-28,33H,1-5H3,(H,32,41)/t27-,28+/m0/s1. The number of ether oxygens (including phenoxy) is 2. The number of esters is 1. The SMILES string of the molecule is COC(=O)c1ccc(-n2c(C)cc([C@@H]3[C@H](c4ccccn4)NC(=S)N3c3ccc(OC)c(NS(C)(=O)=O)c3)c2C)cc1. The van der Waals surface area contributed by atoms with E-state index in [2.05, 4.69) is 25.7 Å². The number of nitrogens with zero attached hydrogens (tertiary/aromatic N) is 3. The molecule has 2 atom stereocenters. The highest BCUT2D eigenvalue weighted by Crippen LogP contribution is 2.45. The minimum Gasteiger partial charge on any atom is -0.495 e. The number of hydrogen-bond acceptors (Lipinski definition) is 7. The molecule has 1 saturated heterocycles. The summed E-state index contributed by atoms with van der Waals surface area (Å²) in [6, 6.07) is 19.7. The van der Waals surface area contributed by atoms with Crippen molar-refractivity contribution in [1.29, 1.82) is 0 Å². The number of carbonyl (C=O) groups excluding carboxylic acids is 1. The van der Waals surface area contributed by atoms with Crippen LogP contribution in [0.1, 0.15) is 45.1 Å². The molecule has 1 fully saturated rings. The van der Waals surface area contributed by atoms with Crippen molar-refractivity contribution in [2.75, 3.05) is 30.1 Å². The predicted molar refractivity (Wildman–Crippen MR) is 166 cm³/mol. The van der Waals surface area contributed by atoms with Crippen molar-refractivity contribution in [3.05, 3.63) is 101 Å². The van der Waals surface area contributed by atoms with E-state index in [1.165, 1.54) is 14.2 Å². The van der Waals surface area contributed by atoms with Gasteiger partial charge in [-0.1, -0.05) is 6.07 Å². The largest absolute Gasteiger partial charge is 0.495 e. The molecule has 3 heterocycles. The van der Waals surface area contributed by atoms with E-state index in [0.717, 1.165) is 34.6 Å². The molecule has 12 heteroatoms. The first-order valence-corrected chi connectivity index (χ1v) is 15.4. The van der Waals surface area contributed by atoms with Crippen LogP contribution in [0.2, 0.25) is 0 Å². The average molecular weight is 606 g/mol. The quantitative estimate of drug-likeness (QED) is 0.215. The Hall–Kier alpha value is -4.42. The molecule has 0 unspecified atom stereocenters. The number of rotatable bonds is 8. The molecule has 218 valence electrons. The van der Waals surface area contributed by atoms with Crippen LogP contribution in [0.25, 0.3) is 5.69 Å². The normalized spacial score (nSPS) is 16.7. The Morgan fingerprint density at radius 3 is 2.36 bits per heavy atom. The van der Waals surface area contributed by atoms with Gasteiger partial charge in [0.15, 0.2) is 5.11 Å². The highest BCUT2D eigenvalue weighted by Gasteiger charge is 2.42. The van der Waals surface area contributed by atoms with Crippen molar-refractivity contribution in [2.45, 2.75) is 25.9 Å². The van der Waals surface area contributed by atoms with E-state index >= 15 is 0 Å².